The molecule has 0 aliphatic heterocycles. The third-order valence-electron chi connectivity index (χ3n) is 3.35. The Kier molecular flexibility index (Phi) is 3.44. The van der Waals surface area contributed by atoms with Gasteiger partial charge in [-0.2, -0.15) is 11.3 Å². The lowest BCUT2D eigenvalue weighted by Gasteiger charge is -2.30. The largest absolute Gasteiger partial charge is 0.396 e. The fraction of sp³-hybridized carbons (Fsp3) is 0.667. The molecule has 2 rings (SSSR count). The van der Waals surface area contributed by atoms with E-state index >= 15 is 0 Å². The Morgan fingerprint density at radius 3 is 2.80 bits per heavy atom. The molecule has 1 unspecified atom stereocenters. The van der Waals surface area contributed by atoms with Gasteiger partial charge in [0, 0.05) is 12.0 Å². The highest BCUT2D eigenvalue weighted by Gasteiger charge is 2.35. The van der Waals surface area contributed by atoms with Crippen LogP contribution >= 0.6 is 11.3 Å². The maximum Gasteiger partial charge on any atom is 0.0502 e. The van der Waals surface area contributed by atoms with E-state index < -0.39 is 0 Å². The van der Waals surface area contributed by atoms with Crippen molar-refractivity contribution in [3.63, 3.8) is 0 Å². The zero-order valence-electron chi connectivity index (χ0n) is 8.98. The fourth-order valence-corrected chi connectivity index (χ4v) is 2.84. The minimum Gasteiger partial charge on any atom is -0.396 e. The van der Waals surface area contributed by atoms with Gasteiger partial charge in [0.2, 0.25) is 0 Å². The Morgan fingerprint density at radius 2 is 2.33 bits per heavy atom. The lowest BCUT2D eigenvalue weighted by molar-refractivity contribution is 0.116. The van der Waals surface area contributed by atoms with Crippen molar-refractivity contribution >= 4 is 11.3 Å². The van der Waals surface area contributed by atoms with Crippen molar-refractivity contribution in [1.29, 1.82) is 0 Å². The summed E-state index contributed by atoms with van der Waals surface area (Å²) >= 11 is 1.71. The number of thiophene rings is 1. The molecule has 1 aromatic rings. The van der Waals surface area contributed by atoms with Crippen LogP contribution in [-0.4, -0.2) is 18.3 Å². The molecule has 2 nitrogen and oxygen atoms in total. The Morgan fingerprint density at radius 1 is 1.53 bits per heavy atom. The zero-order chi connectivity index (χ0) is 10.7. The van der Waals surface area contributed by atoms with Crippen molar-refractivity contribution in [2.24, 2.45) is 17.1 Å². The van der Waals surface area contributed by atoms with Crippen molar-refractivity contribution in [3.8, 4) is 0 Å². The van der Waals surface area contributed by atoms with Crippen LogP contribution in [0.5, 0.6) is 0 Å². The van der Waals surface area contributed by atoms with E-state index in [1.807, 2.05) is 0 Å². The molecule has 0 spiro atoms. The lowest BCUT2D eigenvalue weighted by Crippen LogP contribution is -2.37. The molecule has 1 atom stereocenters. The van der Waals surface area contributed by atoms with Gasteiger partial charge in [-0.1, -0.05) is 12.8 Å². The smallest absolute Gasteiger partial charge is 0.0502 e. The summed E-state index contributed by atoms with van der Waals surface area (Å²) in [6.45, 7) is 0.811. The second-order valence-electron chi connectivity index (χ2n) is 4.82. The molecule has 0 aromatic carbocycles. The Hall–Kier alpha value is -0.380. The predicted octanol–water partition coefficient (Wildman–Crippen LogP) is 2.03. The first-order valence-electron chi connectivity index (χ1n) is 5.60. The topological polar surface area (TPSA) is 46.2 Å². The van der Waals surface area contributed by atoms with Crippen LogP contribution in [0.3, 0.4) is 0 Å². The maximum absolute atomic E-state index is 9.58. The standard InChI is InChI=1S/C12H19NOS/c13-8-12(9-14,5-10-1-2-10)6-11-3-4-15-7-11/h3-4,7,10,14H,1-2,5-6,8-9,13H2. The van der Waals surface area contributed by atoms with Gasteiger partial charge in [-0.3, -0.25) is 0 Å². The summed E-state index contributed by atoms with van der Waals surface area (Å²) in [6, 6.07) is 2.14. The molecular formula is C12H19NOS. The van der Waals surface area contributed by atoms with Crippen LogP contribution in [-0.2, 0) is 6.42 Å². The van der Waals surface area contributed by atoms with Gasteiger partial charge in [-0.25, -0.2) is 0 Å². The maximum atomic E-state index is 9.58. The van der Waals surface area contributed by atoms with Crippen LogP contribution in [0.4, 0.5) is 0 Å². The van der Waals surface area contributed by atoms with Crippen LogP contribution in [0.1, 0.15) is 24.8 Å². The summed E-state index contributed by atoms with van der Waals surface area (Å²) in [5, 5.41) is 13.8. The second kappa shape index (κ2) is 4.64. The highest BCUT2D eigenvalue weighted by atomic mass is 32.1. The summed E-state index contributed by atoms with van der Waals surface area (Å²) in [5.41, 5.74) is 7.11. The van der Waals surface area contributed by atoms with Crippen molar-refractivity contribution in [2.75, 3.05) is 13.2 Å². The minimum absolute atomic E-state index is 0.0672. The van der Waals surface area contributed by atoms with Gasteiger partial charge in [-0.05, 0) is 41.1 Å². The van der Waals surface area contributed by atoms with E-state index in [1.165, 1.54) is 18.4 Å². The lowest BCUT2D eigenvalue weighted by atomic mass is 9.78. The molecule has 3 heteroatoms. The fourth-order valence-electron chi connectivity index (χ4n) is 2.17. The predicted molar refractivity (Wildman–Crippen MR) is 63.9 cm³/mol. The second-order valence-corrected chi connectivity index (χ2v) is 5.60. The third-order valence-corrected chi connectivity index (χ3v) is 4.08. The number of aliphatic hydroxyl groups is 1. The van der Waals surface area contributed by atoms with Crippen LogP contribution < -0.4 is 5.73 Å². The highest BCUT2D eigenvalue weighted by molar-refractivity contribution is 7.07. The number of hydrogen-bond donors (Lipinski definition) is 2. The van der Waals surface area contributed by atoms with Gasteiger partial charge in [0.15, 0.2) is 0 Å². The van der Waals surface area contributed by atoms with E-state index in [9.17, 15) is 5.11 Å². The highest BCUT2D eigenvalue weighted by Crippen LogP contribution is 2.41. The number of hydrogen-bond acceptors (Lipinski definition) is 3. The summed E-state index contributed by atoms with van der Waals surface area (Å²) in [7, 11) is 0. The van der Waals surface area contributed by atoms with Crippen LogP contribution in [0.15, 0.2) is 16.8 Å². The molecule has 0 saturated heterocycles. The van der Waals surface area contributed by atoms with Gasteiger partial charge < -0.3 is 10.8 Å². The molecular weight excluding hydrogens is 206 g/mol. The third kappa shape index (κ3) is 2.80. The van der Waals surface area contributed by atoms with Gasteiger partial charge >= 0.3 is 0 Å². The van der Waals surface area contributed by atoms with Gasteiger partial charge in [0.05, 0.1) is 6.61 Å². The average Bonchev–Trinajstić information content (AvgIpc) is 2.92. The van der Waals surface area contributed by atoms with Crippen molar-refractivity contribution < 1.29 is 5.11 Å². The van der Waals surface area contributed by atoms with Crippen LogP contribution in [0.2, 0.25) is 0 Å². The van der Waals surface area contributed by atoms with E-state index in [1.54, 1.807) is 11.3 Å². The Bertz CT molecular complexity index is 289. The van der Waals surface area contributed by atoms with E-state index in [0.29, 0.717) is 6.54 Å². The molecule has 0 amide bonds. The first kappa shape index (κ1) is 11.1. The molecule has 1 saturated carbocycles. The Labute approximate surface area is 95.1 Å². The monoisotopic (exact) mass is 225 g/mol. The van der Waals surface area contributed by atoms with E-state index in [0.717, 1.165) is 18.8 Å². The van der Waals surface area contributed by atoms with Crippen LogP contribution in [0, 0.1) is 11.3 Å². The molecule has 15 heavy (non-hydrogen) atoms. The molecule has 0 bridgehead atoms. The summed E-state index contributed by atoms with van der Waals surface area (Å²) in [6.07, 6.45) is 4.67. The molecule has 1 aliphatic carbocycles. The van der Waals surface area contributed by atoms with E-state index in [2.05, 4.69) is 16.8 Å². The van der Waals surface area contributed by atoms with E-state index in [-0.39, 0.29) is 12.0 Å². The molecule has 1 aromatic heterocycles. The zero-order valence-corrected chi connectivity index (χ0v) is 9.80. The molecule has 1 aliphatic rings. The summed E-state index contributed by atoms with van der Waals surface area (Å²) < 4.78 is 0. The summed E-state index contributed by atoms with van der Waals surface area (Å²) in [4.78, 5) is 0. The van der Waals surface area contributed by atoms with Crippen LogP contribution in [0.25, 0.3) is 0 Å². The van der Waals surface area contributed by atoms with Gasteiger partial charge in [0.25, 0.3) is 0 Å². The average molecular weight is 225 g/mol. The first-order chi connectivity index (χ1) is 7.28. The molecule has 1 fully saturated rings. The normalized spacial score (nSPS) is 20.1. The number of aliphatic hydroxyl groups excluding tert-OH is 1. The quantitative estimate of drug-likeness (QED) is 0.778. The number of nitrogens with two attached hydrogens (primary N) is 1. The van der Waals surface area contributed by atoms with E-state index in [4.69, 9.17) is 5.73 Å². The van der Waals surface area contributed by atoms with Crippen molar-refractivity contribution in [3.05, 3.63) is 22.4 Å². The molecule has 1 heterocycles. The van der Waals surface area contributed by atoms with Crippen molar-refractivity contribution in [1.82, 2.24) is 0 Å². The summed E-state index contributed by atoms with van der Waals surface area (Å²) in [5.74, 6) is 0.819. The molecule has 84 valence electrons. The van der Waals surface area contributed by atoms with Gasteiger partial charge in [0.1, 0.15) is 0 Å². The molecule has 0 radical (unpaired) electrons. The number of rotatable bonds is 6. The SMILES string of the molecule is NCC(CO)(Cc1ccsc1)CC1CC1. The van der Waals surface area contributed by atoms with Crippen molar-refractivity contribution in [2.45, 2.75) is 25.7 Å². The minimum atomic E-state index is -0.0672. The first-order valence-corrected chi connectivity index (χ1v) is 6.54. The molecule has 3 N–H and O–H groups in total. The Balaban J connectivity index is 2.02. The van der Waals surface area contributed by atoms with Gasteiger partial charge in [-0.15, -0.1) is 0 Å².